The van der Waals surface area contributed by atoms with Crippen molar-refractivity contribution in [1.82, 2.24) is 9.97 Å². The zero-order valence-electron chi connectivity index (χ0n) is 9.34. The second-order valence-corrected chi connectivity index (χ2v) is 5.86. The van der Waals surface area contributed by atoms with Gasteiger partial charge in [-0.15, -0.1) is 0 Å². The summed E-state index contributed by atoms with van der Waals surface area (Å²) in [6, 6.07) is 7.29. The molecule has 0 bridgehead atoms. The number of nitrogens with one attached hydrogen (secondary N) is 1. The van der Waals surface area contributed by atoms with E-state index in [9.17, 15) is 8.42 Å². The monoisotopic (exact) mass is 318 g/mol. The van der Waals surface area contributed by atoms with Crippen LogP contribution < -0.4 is 10.5 Å². The molecule has 0 aliphatic rings. The average Bonchev–Trinajstić information content (AvgIpc) is 2.26. The molecule has 19 heavy (non-hydrogen) atoms. The second kappa shape index (κ2) is 5.20. The van der Waals surface area contributed by atoms with Crippen molar-refractivity contribution in [3.8, 4) is 0 Å². The number of nitrogen functional groups attached to an aromatic ring is 1. The minimum atomic E-state index is -3.86. The largest absolute Gasteiger partial charge is 0.398 e. The number of sulfonamides is 1. The molecule has 2 aromatic rings. The van der Waals surface area contributed by atoms with E-state index in [1.54, 1.807) is 12.1 Å². The van der Waals surface area contributed by atoms with Crippen LogP contribution >= 0.6 is 23.2 Å². The van der Waals surface area contributed by atoms with E-state index in [2.05, 4.69) is 14.7 Å². The summed E-state index contributed by atoms with van der Waals surface area (Å²) in [6.07, 6.45) is 0. The summed E-state index contributed by atoms with van der Waals surface area (Å²) in [5.74, 6) is -0.0340. The normalized spacial score (nSPS) is 11.3. The lowest BCUT2D eigenvalue weighted by molar-refractivity contribution is 0.601. The molecule has 9 heteroatoms. The fraction of sp³-hybridized carbons (Fsp3) is 0. The highest BCUT2D eigenvalue weighted by Gasteiger charge is 2.18. The van der Waals surface area contributed by atoms with Crippen molar-refractivity contribution >= 4 is 44.7 Å². The van der Waals surface area contributed by atoms with Crippen molar-refractivity contribution in [3.05, 3.63) is 40.8 Å². The summed E-state index contributed by atoms with van der Waals surface area (Å²) in [6.45, 7) is 0. The summed E-state index contributed by atoms with van der Waals surface area (Å²) in [5.41, 5.74) is 5.74. The van der Waals surface area contributed by atoms with Crippen LogP contribution in [0.15, 0.2) is 35.2 Å². The van der Waals surface area contributed by atoms with Gasteiger partial charge in [0.05, 0.1) is 5.69 Å². The van der Waals surface area contributed by atoms with Gasteiger partial charge in [0.15, 0.2) is 0 Å². The van der Waals surface area contributed by atoms with E-state index >= 15 is 0 Å². The first kappa shape index (κ1) is 13.9. The van der Waals surface area contributed by atoms with Gasteiger partial charge in [-0.3, -0.25) is 4.72 Å². The Balaban J connectivity index is 2.39. The van der Waals surface area contributed by atoms with Crippen LogP contribution in [0.4, 0.5) is 11.5 Å². The predicted octanol–water partition coefficient (Wildman–Crippen LogP) is 2.17. The summed E-state index contributed by atoms with van der Waals surface area (Å²) in [5, 5.41) is -0.134. The number of halogens is 2. The molecule has 0 spiro atoms. The van der Waals surface area contributed by atoms with Gasteiger partial charge >= 0.3 is 0 Å². The number of aromatic nitrogens is 2. The quantitative estimate of drug-likeness (QED) is 0.513. The van der Waals surface area contributed by atoms with Crippen molar-refractivity contribution in [2.45, 2.75) is 4.90 Å². The van der Waals surface area contributed by atoms with Crippen LogP contribution in [0.3, 0.4) is 0 Å². The topological polar surface area (TPSA) is 98.0 Å². The summed E-state index contributed by atoms with van der Waals surface area (Å²) in [7, 11) is -3.86. The van der Waals surface area contributed by atoms with E-state index in [4.69, 9.17) is 28.9 Å². The van der Waals surface area contributed by atoms with Crippen LogP contribution in [0.25, 0.3) is 0 Å². The molecule has 0 atom stereocenters. The number of nitrogens with two attached hydrogens (primary N) is 1. The Hall–Kier alpha value is -1.57. The maximum absolute atomic E-state index is 12.1. The minimum Gasteiger partial charge on any atom is -0.398 e. The van der Waals surface area contributed by atoms with Crippen molar-refractivity contribution in [2.75, 3.05) is 10.5 Å². The molecule has 0 radical (unpaired) electrons. The number of hydrogen-bond donors (Lipinski definition) is 2. The number of benzene rings is 1. The maximum Gasteiger partial charge on any atom is 0.265 e. The molecule has 0 aliphatic carbocycles. The van der Waals surface area contributed by atoms with Crippen LogP contribution in [0.2, 0.25) is 10.4 Å². The van der Waals surface area contributed by atoms with Gasteiger partial charge in [-0.05, 0) is 23.7 Å². The fourth-order valence-electron chi connectivity index (χ4n) is 1.36. The Morgan fingerprint density at radius 1 is 1.16 bits per heavy atom. The number of hydrogen-bond acceptors (Lipinski definition) is 5. The molecule has 2 rings (SSSR count). The minimum absolute atomic E-state index is 0.0266. The number of para-hydroxylation sites is 1. The van der Waals surface area contributed by atoms with Crippen molar-refractivity contribution in [1.29, 1.82) is 0 Å². The number of anilines is 2. The second-order valence-electron chi connectivity index (χ2n) is 3.49. The van der Waals surface area contributed by atoms with Crippen LogP contribution in [0.1, 0.15) is 0 Å². The lowest BCUT2D eigenvalue weighted by Crippen LogP contribution is -2.15. The molecule has 1 aromatic carbocycles. The highest BCUT2D eigenvalue weighted by molar-refractivity contribution is 7.92. The molecule has 100 valence electrons. The zero-order chi connectivity index (χ0) is 14.0. The summed E-state index contributed by atoms with van der Waals surface area (Å²) >= 11 is 11.3. The Kier molecular flexibility index (Phi) is 3.79. The lowest BCUT2D eigenvalue weighted by Gasteiger charge is -2.09. The molecule has 0 fully saturated rings. The van der Waals surface area contributed by atoms with Crippen molar-refractivity contribution < 1.29 is 8.42 Å². The molecule has 3 N–H and O–H groups in total. The van der Waals surface area contributed by atoms with Gasteiger partial charge < -0.3 is 5.73 Å². The Bertz CT molecular complexity index is 701. The van der Waals surface area contributed by atoms with Crippen LogP contribution in [0, 0.1) is 0 Å². The van der Waals surface area contributed by atoms with Gasteiger partial charge in [-0.25, -0.2) is 13.4 Å². The highest BCUT2D eigenvalue weighted by Crippen LogP contribution is 2.22. The van der Waals surface area contributed by atoms with E-state index in [1.165, 1.54) is 18.2 Å². The summed E-state index contributed by atoms with van der Waals surface area (Å²) < 4.78 is 26.4. The van der Waals surface area contributed by atoms with E-state index < -0.39 is 10.0 Å². The molecule has 1 aromatic heterocycles. The molecule has 6 nitrogen and oxygen atoms in total. The highest BCUT2D eigenvalue weighted by atomic mass is 35.5. The fourth-order valence-corrected chi connectivity index (χ4v) is 2.89. The number of rotatable bonds is 3. The SMILES string of the molecule is Nc1ccccc1S(=O)(=O)Nc1cc(Cl)nc(Cl)n1. The van der Waals surface area contributed by atoms with E-state index in [0.717, 1.165) is 0 Å². The van der Waals surface area contributed by atoms with Gasteiger partial charge in [0, 0.05) is 6.07 Å². The van der Waals surface area contributed by atoms with Gasteiger partial charge in [0.25, 0.3) is 10.0 Å². The first-order chi connectivity index (χ1) is 8.88. The van der Waals surface area contributed by atoms with Crippen LogP contribution in [-0.4, -0.2) is 18.4 Å². The molecule has 0 aliphatic heterocycles. The maximum atomic E-state index is 12.1. The third kappa shape index (κ3) is 3.25. The molecule has 0 amide bonds. The van der Waals surface area contributed by atoms with Gasteiger partial charge in [0.1, 0.15) is 15.9 Å². The third-order valence-electron chi connectivity index (χ3n) is 2.12. The zero-order valence-corrected chi connectivity index (χ0v) is 11.7. The smallest absolute Gasteiger partial charge is 0.265 e. The van der Waals surface area contributed by atoms with E-state index in [0.29, 0.717) is 0 Å². The van der Waals surface area contributed by atoms with E-state index in [-0.39, 0.29) is 26.8 Å². The molecule has 0 saturated carbocycles. The summed E-state index contributed by atoms with van der Waals surface area (Å²) in [4.78, 5) is 7.27. The lowest BCUT2D eigenvalue weighted by atomic mass is 10.3. The van der Waals surface area contributed by atoms with Gasteiger partial charge in [-0.2, -0.15) is 4.98 Å². The standard InChI is InChI=1S/C10H8Cl2N4O2S/c11-8-5-9(15-10(12)14-8)16-19(17,18)7-4-2-1-3-6(7)13/h1-5H,13H2,(H,14,15,16). The van der Waals surface area contributed by atoms with Crippen LogP contribution in [0.5, 0.6) is 0 Å². The molecular formula is C10H8Cl2N4O2S. The van der Waals surface area contributed by atoms with E-state index in [1.807, 2.05) is 0 Å². The molecule has 0 unspecified atom stereocenters. The average molecular weight is 319 g/mol. The predicted molar refractivity (Wildman–Crippen MR) is 73.7 cm³/mol. The Morgan fingerprint density at radius 2 is 1.84 bits per heavy atom. The number of nitrogens with zero attached hydrogens (tertiary/aromatic N) is 2. The molecular weight excluding hydrogens is 311 g/mol. The third-order valence-corrected chi connectivity index (χ3v) is 3.91. The molecule has 1 heterocycles. The van der Waals surface area contributed by atoms with Crippen molar-refractivity contribution in [2.24, 2.45) is 0 Å². The van der Waals surface area contributed by atoms with Crippen LogP contribution in [-0.2, 0) is 10.0 Å². The van der Waals surface area contributed by atoms with Gasteiger partial charge in [-0.1, -0.05) is 23.7 Å². The van der Waals surface area contributed by atoms with Crippen molar-refractivity contribution in [3.63, 3.8) is 0 Å². The first-order valence-electron chi connectivity index (χ1n) is 4.96. The Labute approximate surface area is 119 Å². The molecule has 0 saturated heterocycles. The first-order valence-corrected chi connectivity index (χ1v) is 7.20. The van der Waals surface area contributed by atoms with Gasteiger partial charge in [0.2, 0.25) is 5.28 Å². The Morgan fingerprint density at radius 3 is 2.47 bits per heavy atom.